The van der Waals surface area contributed by atoms with Gasteiger partial charge < -0.3 is 4.74 Å². The van der Waals surface area contributed by atoms with Gasteiger partial charge in [0.15, 0.2) is 0 Å². The van der Waals surface area contributed by atoms with Crippen molar-refractivity contribution in [3.63, 3.8) is 0 Å². The van der Waals surface area contributed by atoms with Crippen LogP contribution >= 0.6 is 0 Å². The topological polar surface area (TPSA) is 26.3 Å². The largest absolute Gasteiger partial charge is 0.469 e. The van der Waals surface area contributed by atoms with E-state index < -0.39 is 0 Å². The van der Waals surface area contributed by atoms with E-state index in [2.05, 4.69) is 13.0 Å². The Hall–Kier alpha value is -1.25. The Morgan fingerprint density at radius 2 is 2.19 bits per heavy atom. The average molecular weight is 216 g/mol. The molecule has 0 heterocycles. The van der Waals surface area contributed by atoms with Crippen LogP contribution in [0.15, 0.2) is 35.3 Å². The first-order valence-electron chi connectivity index (χ1n) is 5.47. The van der Waals surface area contributed by atoms with Crippen LogP contribution in [0.5, 0.6) is 0 Å². The lowest BCUT2D eigenvalue weighted by Crippen LogP contribution is -2.13. The predicted octanol–water partition coefficient (Wildman–Crippen LogP) is 2.37. The number of allylic oxidation sites excluding steroid dienone is 6. The van der Waals surface area contributed by atoms with Gasteiger partial charge in [-0.1, -0.05) is 49.2 Å². The minimum atomic E-state index is -0.174. The van der Waals surface area contributed by atoms with Gasteiger partial charge in [-0.05, 0) is 12.3 Å². The second-order valence-electron chi connectivity index (χ2n) is 4.23. The molecule has 0 aromatic carbocycles. The fraction of sp³-hybridized carbons (Fsp3) is 0.462. The summed E-state index contributed by atoms with van der Waals surface area (Å²) in [6, 6.07) is 0. The molecular weight excluding hydrogens is 199 g/mol. The van der Waals surface area contributed by atoms with Gasteiger partial charge in [0.05, 0.1) is 13.0 Å². The van der Waals surface area contributed by atoms with Gasteiger partial charge in [0.1, 0.15) is 7.85 Å². The summed E-state index contributed by atoms with van der Waals surface area (Å²) in [5.41, 5.74) is 1.89. The number of esters is 1. The average Bonchev–Trinajstić information content (AvgIpc) is 2.38. The lowest BCUT2D eigenvalue weighted by molar-refractivity contribution is -0.144. The molecular formula is C13H17BO2. The Morgan fingerprint density at radius 1 is 1.50 bits per heavy atom. The number of carbonyl (C=O) groups is 1. The molecule has 0 saturated heterocycles. The Morgan fingerprint density at radius 3 is 2.81 bits per heavy atom. The van der Waals surface area contributed by atoms with Crippen LogP contribution in [-0.4, -0.2) is 20.9 Å². The number of carbonyl (C=O) groups excluding carboxylic acids is 1. The molecule has 16 heavy (non-hydrogen) atoms. The molecule has 1 aliphatic rings. The maximum Gasteiger partial charge on any atom is 0.308 e. The van der Waals surface area contributed by atoms with Gasteiger partial charge in [0.25, 0.3) is 0 Å². The van der Waals surface area contributed by atoms with Gasteiger partial charge in [-0.3, -0.25) is 4.79 Å². The summed E-state index contributed by atoms with van der Waals surface area (Å²) in [4.78, 5) is 11.3. The Balaban J connectivity index is 2.69. The van der Waals surface area contributed by atoms with E-state index in [1.54, 1.807) is 0 Å². The molecule has 2 radical (unpaired) electrons. The highest BCUT2D eigenvalue weighted by Crippen LogP contribution is 2.20. The van der Waals surface area contributed by atoms with Crippen LogP contribution in [0.25, 0.3) is 0 Å². The molecule has 0 bridgehead atoms. The molecule has 1 rings (SSSR count). The smallest absolute Gasteiger partial charge is 0.308 e. The van der Waals surface area contributed by atoms with E-state index in [4.69, 9.17) is 12.6 Å². The van der Waals surface area contributed by atoms with Crippen LogP contribution in [0.1, 0.15) is 20.3 Å². The maximum atomic E-state index is 11.3. The Bertz CT molecular complexity index is 353. The summed E-state index contributed by atoms with van der Waals surface area (Å²) < 4.78 is 4.70. The lowest BCUT2D eigenvalue weighted by Gasteiger charge is -2.10. The van der Waals surface area contributed by atoms with E-state index in [-0.39, 0.29) is 11.9 Å². The van der Waals surface area contributed by atoms with Crippen molar-refractivity contribution < 1.29 is 9.53 Å². The second-order valence-corrected chi connectivity index (χ2v) is 4.23. The summed E-state index contributed by atoms with van der Waals surface area (Å²) in [7, 11) is 7.17. The highest BCUT2D eigenvalue weighted by Gasteiger charge is 2.14. The zero-order valence-electron chi connectivity index (χ0n) is 10.1. The molecule has 0 amide bonds. The first-order valence-corrected chi connectivity index (χ1v) is 5.47. The van der Waals surface area contributed by atoms with Gasteiger partial charge in [0.2, 0.25) is 0 Å². The molecule has 3 heteroatoms. The van der Waals surface area contributed by atoms with Gasteiger partial charge in [0, 0.05) is 0 Å². The van der Waals surface area contributed by atoms with Crippen molar-refractivity contribution in [3.05, 3.63) is 35.3 Å². The lowest BCUT2D eigenvalue weighted by atomic mass is 9.93. The minimum Gasteiger partial charge on any atom is -0.469 e. The molecule has 0 spiro atoms. The normalized spacial score (nSPS) is 21.8. The van der Waals surface area contributed by atoms with Crippen LogP contribution < -0.4 is 0 Å². The van der Waals surface area contributed by atoms with Gasteiger partial charge >= 0.3 is 5.97 Å². The fourth-order valence-corrected chi connectivity index (χ4v) is 1.78. The molecule has 0 aromatic rings. The van der Waals surface area contributed by atoms with Crippen LogP contribution in [0, 0.1) is 11.8 Å². The summed E-state index contributed by atoms with van der Waals surface area (Å²) in [5.74, 6) is 0.00871. The number of hydrogen-bond donors (Lipinski definition) is 0. The third kappa shape index (κ3) is 3.72. The van der Waals surface area contributed by atoms with E-state index in [1.807, 2.05) is 25.2 Å². The standard InChI is InChI=1S/C13H17BO2/c1-9-6-11(4-5-12(14)7-9)8-10(2)13(15)16-3/h4-7,9-10H,8H2,1-3H3. The van der Waals surface area contributed by atoms with Crippen molar-refractivity contribution in [1.29, 1.82) is 0 Å². The van der Waals surface area contributed by atoms with Crippen molar-refractivity contribution in [2.24, 2.45) is 11.8 Å². The molecule has 0 N–H and O–H groups in total. The van der Waals surface area contributed by atoms with Crippen molar-refractivity contribution in [1.82, 2.24) is 0 Å². The quantitative estimate of drug-likeness (QED) is 0.534. The van der Waals surface area contributed by atoms with Crippen LogP contribution in [-0.2, 0) is 9.53 Å². The molecule has 0 aliphatic heterocycles. The van der Waals surface area contributed by atoms with Crippen molar-refractivity contribution >= 4 is 13.8 Å². The second kappa shape index (κ2) is 5.73. The molecule has 0 aromatic heterocycles. The molecule has 0 saturated carbocycles. The highest BCUT2D eigenvalue weighted by atomic mass is 16.5. The van der Waals surface area contributed by atoms with Crippen LogP contribution in [0.4, 0.5) is 0 Å². The number of ether oxygens (including phenoxy) is 1. The van der Waals surface area contributed by atoms with Crippen molar-refractivity contribution in [3.8, 4) is 0 Å². The van der Waals surface area contributed by atoms with E-state index >= 15 is 0 Å². The molecule has 2 unspecified atom stereocenters. The van der Waals surface area contributed by atoms with Gasteiger partial charge in [-0.2, -0.15) is 0 Å². The van der Waals surface area contributed by atoms with Crippen LogP contribution in [0.3, 0.4) is 0 Å². The first-order chi connectivity index (χ1) is 7.52. The molecule has 2 atom stereocenters. The zero-order valence-corrected chi connectivity index (χ0v) is 10.1. The van der Waals surface area contributed by atoms with E-state index in [0.717, 1.165) is 11.0 Å². The Kier molecular flexibility index (Phi) is 4.60. The third-order valence-corrected chi connectivity index (χ3v) is 2.57. The number of rotatable bonds is 3. The SMILES string of the molecule is [B]C1=CC(C)C=C(CC(C)C(=O)OC)C=C1. The summed E-state index contributed by atoms with van der Waals surface area (Å²) in [6.07, 6.45) is 8.64. The minimum absolute atomic E-state index is 0.118. The van der Waals surface area contributed by atoms with Crippen molar-refractivity contribution in [2.75, 3.05) is 7.11 Å². The fourth-order valence-electron chi connectivity index (χ4n) is 1.78. The van der Waals surface area contributed by atoms with E-state index in [9.17, 15) is 4.79 Å². The third-order valence-electron chi connectivity index (χ3n) is 2.57. The van der Waals surface area contributed by atoms with Crippen molar-refractivity contribution in [2.45, 2.75) is 20.3 Å². The molecule has 1 aliphatic carbocycles. The number of methoxy groups -OCH3 is 1. The molecule has 0 fully saturated rings. The first kappa shape index (κ1) is 12.8. The van der Waals surface area contributed by atoms with Gasteiger partial charge in [-0.25, -0.2) is 0 Å². The summed E-state index contributed by atoms with van der Waals surface area (Å²) >= 11 is 0. The monoisotopic (exact) mass is 216 g/mol. The summed E-state index contributed by atoms with van der Waals surface area (Å²) in [6.45, 7) is 3.94. The van der Waals surface area contributed by atoms with E-state index in [1.165, 1.54) is 7.11 Å². The molecule has 84 valence electrons. The van der Waals surface area contributed by atoms with Gasteiger partial charge in [-0.15, -0.1) is 0 Å². The van der Waals surface area contributed by atoms with E-state index in [0.29, 0.717) is 12.3 Å². The Labute approximate surface area is 98.5 Å². The predicted molar refractivity (Wildman–Crippen MR) is 66.0 cm³/mol. The number of hydrogen-bond acceptors (Lipinski definition) is 2. The maximum absolute atomic E-state index is 11.3. The molecule has 2 nitrogen and oxygen atoms in total. The highest BCUT2D eigenvalue weighted by molar-refractivity contribution is 6.23. The summed E-state index contributed by atoms with van der Waals surface area (Å²) in [5, 5.41) is 0. The van der Waals surface area contributed by atoms with Crippen LogP contribution in [0.2, 0.25) is 0 Å². The zero-order chi connectivity index (χ0) is 12.1.